The number of nitrogens with one attached hydrogen (secondary N) is 2. The molecule has 2 aromatic carbocycles. The van der Waals surface area contributed by atoms with E-state index < -0.39 is 11.6 Å². The molecule has 174 valence electrons. The average Bonchev–Trinajstić information content (AvgIpc) is 3.55. The molecule has 8 heteroatoms. The van der Waals surface area contributed by atoms with E-state index in [1.807, 2.05) is 19.0 Å². The second-order valence-corrected chi connectivity index (χ2v) is 9.66. The van der Waals surface area contributed by atoms with Crippen molar-refractivity contribution in [1.82, 2.24) is 25.4 Å². The van der Waals surface area contributed by atoms with Crippen LogP contribution in [0, 0.1) is 11.6 Å². The number of H-pyrrole nitrogens is 1. The lowest BCUT2D eigenvalue weighted by Crippen LogP contribution is -2.31. The van der Waals surface area contributed by atoms with Gasteiger partial charge in [-0.15, -0.1) is 0 Å². The first kappa shape index (κ1) is 21.2. The molecule has 2 atom stereocenters. The molecule has 2 unspecified atom stereocenters. The van der Waals surface area contributed by atoms with E-state index in [4.69, 9.17) is 4.98 Å². The van der Waals surface area contributed by atoms with Gasteiger partial charge in [0, 0.05) is 41.1 Å². The second-order valence-electron chi connectivity index (χ2n) is 9.66. The number of likely N-dealkylation sites (N-methyl/N-ethyl adjacent to an activating group) is 1. The van der Waals surface area contributed by atoms with Crippen molar-refractivity contribution in [2.75, 3.05) is 27.2 Å². The highest BCUT2D eigenvalue weighted by molar-refractivity contribution is 6.08. The highest BCUT2D eigenvalue weighted by Gasteiger charge is 2.41. The zero-order valence-electron chi connectivity index (χ0n) is 19.1. The predicted octanol–water partition coefficient (Wildman–Crippen LogP) is 4.71. The molecule has 2 heterocycles. The van der Waals surface area contributed by atoms with Crippen LogP contribution >= 0.6 is 0 Å². The van der Waals surface area contributed by atoms with E-state index >= 15 is 8.78 Å². The minimum Gasteiger partial charge on any atom is -0.351 e. The van der Waals surface area contributed by atoms with Crippen molar-refractivity contribution in [3.05, 3.63) is 58.8 Å². The van der Waals surface area contributed by atoms with E-state index in [1.54, 1.807) is 18.3 Å². The summed E-state index contributed by atoms with van der Waals surface area (Å²) in [7, 11) is 3.84. The number of carbonyl (C=O) groups excluding carboxylic acids is 1. The SMILES string of the molecule is CN(C)CCNC(=O)c1ccc(-c2nc3c(F)cc4[nH]ncc4c3c3c2C2CCC3C2)c(F)c1. The summed E-state index contributed by atoms with van der Waals surface area (Å²) in [6.45, 7) is 1.16. The number of hydrogen-bond acceptors (Lipinski definition) is 4. The molecule has 2 aromatic heterocycles. The van der Waals surface area contributed by atoms with Crippen molar-refractivity contribution in [2.24, 2.45) is 0 Å². The van der Waals surface area contributed by atoms with Crippen LogP contribution in [0.3, 0.4) is 0 Å². The topological polar surface area (TPSA) is 73.9 Å². The zero-order valence-corrected chi connectivity index (χ0v) is 19.1. The zero-order chi connectivity index (χ0) is 23.6. The van der Waals surface area contributed by atoms with Gasteiger partial charge in [-0.25, -0.2) is 13.8 Å². The number of hydrogen-bond donors (Lipinski definition) is 2. The maximum Gasteiger partial charge on any atom is 0.251 e. The normalized spacial score (nSPS) is 18.9. The maximum atomic E-state index is 15.4. The van der Waals surface area contributed by atoms with E-state index in [9.17, 15) is 4.79 Å². The molecule has 2 aliphatic rings. The van der Waals surface area contributed by atoms with Crippen molar-refractivity contribution in [3.8, 4) is 11.3 Å². The molecule has 2 N–H and O–H groups in total. The fourth-order valence-electron chi connectivity index (χ4n) is 5.76. The fourth-order valence-corrected chi connectivity index (χ4v) is 5.76. The molecule has 6 rings (SSSR count). The van der Waals surface area contributed by atoms with E-state index in [0.29, 0.717) is 35.8 Å². The van der Waals surface area contributed by atoms with E-state index in [2.05, 4.69) is 15.5 Å². The summed E-state index contributed by atoms with van der Waals surface area (Å²) in [4.78, 5) is 19.1. The summed E-state index contributed by atoms with van der Waals surface area (Å²) in [6.07, 6.45) is 4.76. The first-order chi connectivity index (χ1) is 16.4. The molecule has 2 aliphatic carbocycles. The first-order valence-corrected chi connectivity index (χ1v) is 11.6. The summed E-state index contributed by atoms with van der Waals surface area (Å²) < 4.78 is 30.6. The summed E-state index contributed by atoms with van der Waals surface area (Å²) in [5.74, 6) is -0.700. The van der Waals surface area contributed by atoms with Crippen LogP contribution in [0.4, 0.5) is 8.78 Å². The Balaban J connectivity index is 1.49. The smallest absolute Gasteiger partial charge is 0.251 e. The van der Waals surface area contributed by atoms with Gasteiger partial charge in [0.15, 0.2) is 5.82 Å². The van der Waals surface area contributed by atoms with Crippen LogP contribution in [-0.2, 0) is 0 Å². The minimum atomic E-state index is -0.526. The molecule has 0 radical (unpaired) electrons. The number of carbonyl (C=O) groups is 1. The Morgan fingerprint density at radius 2 is 1.94 bits per heavy atom. The van der Waals surface area contributed by atoms with Crippen LogP contribution in [0.15, 0.2) is 30.5 Å². The fraction of sp³-hybridized carbons (Fsp3) is 0.346. The molecule has 1 saturated carbocycles. The Morgan fingerprint density at radius 1 is 1.15 bits per heavy atom. The summed E-state index contributed by atoms with van der Waals surface area (Å²) in [5, 5.41) is 11.4. The third-order valence-corrected chi connectivity index (χ3v) is 7.29. The van der Waals surface area contributed by atoms with Crippen molar-refractivity contribution < 1.29 is 13.6 Å². The lowest BCUT2D eigenvalue weighted by Gasteiger charge is -2.22. The van der Waals surface area contributed by atoms with Crippen LogP contribution in [0.5, 0.6) is 0 Å². The largest absolute Gasteiger partial charge is 0.351 e. The van der Waals surface area contributed by atoms with E-state index in [-0.39, 0.29) is 22.9 Å². The van der Waals surface area contributed by atoms with E-state index in [0.717, 1.165) is 41.2 Å². The highest BCUT2D eigenvalue weighted by Crippen LogP contribution is 2.58. The van der Waals surface area contributed by atoms with Crippen LogP contribution in [-0.4, -0.2) is 53.2 Å². The van der Waals surface area contributed by atoms with Crippen LogP contribution < -0.4 is 5.32 Å². The summed E-state index contributed by atoms with van der Waals surface area (Å²) in [5.41, 5.74) is 4.06. The van der Waals surface area contributed by atoms with Crippen LogP contribution in [0.1, 0.15) is 52.6 Å². The Bertz CT molecular complexity index is 1460. The molecule has 4 aromatic rings. The Labute approximate surface area is 195 Å². The highest BCUT2D eigenvalue weighted by atomic mass is 19.1. The van der Waals surface area contributed by atoms with Gasteiger partial charge in [0.2, 0.25) is 0 Å². The first-order valence-electron chi connectivity index (χ1n) is 11.6. The molecule has 34 heavy (non-hydrogen) atoms. The number of halogens is 2. The molecule has 1 amide bonds. The standard InChI is InChI=1S/C26H25F2N5O/c1-33(2)8-7-29-26(34)15-5-6-16(18(27)10-15)24-22-14-4-3-13(9-14)21(22)23-17-12-30-32-20(17)11-19(28)25(23)31-24/h5-6,10-14H,3-4,7-9H2,1-2H3,(H,29,34)(H,30,32). The minimum absolute atomic E-state index is 0.250. The number of aromatic amines is 1. The van der Waals surface area contributed by atoms with Crippen molar-refractivity contribution in [2.45, 2.75) is 31.1 Å². The molecule has 2 bridgehead atoms. The number of amides is 1. The molecule has 6 nitrogen and oxygen atoms in total. The molecule has 0 aliphatic heterocycles. The third kappa shape index (κ3) is 3.20. The van der Waals surface area contributed by atoms with Gasteiger partial charge < -0.3 is 10.2 Å². The number of nitrogens with zero attached hydrogens (tertiary/aromatic N) is 3. The Morgan fingerprint density at radius 3 is 2.71 bits per heavy atom. The van der Waals surface area contributed by atoms with Crippen LogP contribution in [0.2, 0.25) is 0 Å². The van der Waals surface area contributed by atoms with Gasteiger partial charge in [0.05, 0.1) is 17.4 Å². The summed E-state index contributed by atoms with van der Waals surface area (Å²) >= 11 is 0. The predicted molar refractivity (Wildman–Crippen MR) is 127 cm³/mol. The molecule has 0 spiro atoms. The van der Waals surface area contributed by atoms with E-state index in [1.165, 1.54) is 12.1 Å². The van der Waals surface area contributed by atoms with Gasteiger partial charge >= 0.3 is 0 Å². The lowest BCUT2D eigenvalue weighted by molar-refractivity contribution is 0.0950. The van der Waals surface area contributed by atoms with Gasteiger partial charge in [-0.2, -0.15) is 5.10 Å². The maximum absolute atomic E-state index is 15.4. The second kappa shape index (κ2) is 7.84. The number of fused-ring (bicyclic) bond motifs is 9. The molecular weight excluding hydrogens is 436 g/mol. The quantitative estimate of drug-likeness (QED) is 0.451. The molecule has 0 saturated heterocycles. The molecule has 1 fully saturated rings. The summed E-state index contributed by atoms with van der Waals surface area (Å²) in [6, 6.07) is 5.87. The van der Waals surface area contributed by atoms with Crippen molar-refractivity contribution >= 4 is 27.7 Å². The van der Waals surface area contributed by atoms with Crippen molar-refractivity contribution in [1.29, 1.82) is 0 Å². The van der Waals surface area contributed by atoms with Gasteiger partial charge in [-0.3, -0.25) is 9.89 Å². The Hall–Kier alpha value is -3.39. The van der Waals surface area contributed by atoms with Crippen molar-refractivity contribution in [3.63, 3.8) is 0 Å². The number of pyridine rings is 1. The van der Waals surface area contributed by atoms with Gasteiger partial charge in [-0.1, -0.05) is 0 Å². The van der Waals surface area contributed by atoms with Gasteiger partial charge in [0.1, 0.15) is 11.3 Å². The molecular formula is C26H25F2N5O. The van der Waals surface area contributed by atoms with Gasteiger partial charge in [-0.05, 0) is 74.5 Å². The third-order valence-electron chi connectivity index (χ3n) is 7.29. The van der Waals surface area contributed by atoms with Crippen LogP contribution in [0.25, 0.3) is 33.1 Å². The number of aromatic nitrogens is 3. The van der Waals surface area contributed by atoms with Gasteiger partial charge in [0.25, 0.3) is 5.91 Å². The number of benzene rings is 2. The average molecular weight is 462 g/mol. The monoisotopic (exact) mass is 461 g/mol. The Kier molecular flexibility index (Phi) is 4.88. The number of rotatable bonds is 5. The lowest BCUT2D eigenvalue weighted by atomic mass is 9.85.